The van der Waals surface area contributed by atoms with Crippen molar-refractivity contribution in [2.24, 2.45) is 5.92 Å². The van der Waals surface area contributed by atoms with E-state index in [1.807, 2.05) is 0 Å². The summed E-state index contributed by atoms with van der Waals surface area (Å²) in [4.78, 5) is 33.5. The molecule has 0 spiro atoms. The van der Waals surface area contributed by atoms with Gasteiger partial charge in [0, 0.05) is 0 Å². The highest BCUT2D eigenvalue weighted by atomic mass is 16.6. The molecule has 1 aliphatic heterocycles. The SMILES string of the molecule is CC(C)C(NC(=O)C1NC(=O)OC1C)C(=O)O. The van der Waals surface area contributed by atoms with Crippen LogP contribution in [0.3, 0.4) is 0 Å². The number of carbonyl (C=O) groups excluding carboxylic acids is 2. The summed E-state index contributed by atoms with van der Waals surface area (Å²) in [6.45, 7) is 4.94. The number of cyclic esters (lactones) is 1. The molecule has 3 unspecified atom stereocenters. The minimum Gasteiger partial charge on any atom is -0.480 e. The maximum Gasteiger partial charge on any atom is 0.408 e. The van der Waals surface area contributed by atoms with Crippen LogP contribution in [-0.2, 0) is 14.3 Å². The van der Waals surface area contributed by atoms with Crippen molar-refractivity contribution in [3.63, 3.8) is 0 Å². The van der Waals surface area contributed by atoms with Gasteiger partial charge in [0.05, 0.1) is 0 Å². The second-order valence-electron chi connectivity index (χ2n) is 4.30. The number of ether oxygens (including phenoxy) is 1. The summed E-state index contributed by atoms with van der Waals surface area (Å²) in [5, 5.41) is 13.6. The van der Waals surface area contributed by atoms with Crippen molar-refractivity contribution < 1.29 is 24.2 Å². The lowest BCUT2D eigenvalue weighted by molar-refractivity contribution is -0.143. The Morgan fingerprint density at radius 2 is 2.06 bits per heavy atom. The molecule has 17 heavy (non-hydrogen) atoms. The van der Waals surface area contributed by atoms with E-state index in [2.05, 4.69) is 10.6 Å². The van der Waals surface area contributed by atoms with Crippen molar-refractivity contribution in [3.8, 4) is 0 Å². The number of aliphatic carboxylic acids is 1. The molecule has 0 radical (unpaired) electrons. The van der Waals surface area contributed by atoms with Crippen molar-refractivity contribution in [2.75, 3.05) is 0 Å². The summed E-state index contributed by atoms with van der Waals surface area (Å²) >= 11 is 0. The Morgan fingerprint density at radius 1 is 1.47 bits per heavy atom. The molecule has 1 aliphatic rings. The Labute approximate surface area is 98.5 Å². The molecule has 1 rings (SSSR count). The molecule has 96 valence electrons. The highest BCUT2D eigenvalue weighted by Gasteiger charge is 2.38. The molecule has 1 fully saturated rings. The third-order valence-corrected chi connectivity index (χ3v) is 2.55. The van der Waals surface area contributed by atoms with Crippen molar-refractivity contribution in [1.29, 1.82) is 0 Å². The lowest BCUT2D eigenvalue weighted by Gasteiger charge is -2.20. The second kappa shape index (κ2) is 5.03. The predicted molar refractivity (Wildman–Crippen MR) is 57.3 cm³/mol. The molecule has 1 heterocycles. The fourth-order valence-electron chi connectivity index (χ4n) is 1.55. The minimum atomic E-state index is -1.11. The summed E-state index contributed by atoms with van der Waals surface area (Å²) in [5.74, 6) is -1.90. The summed E-state index contributed by atoms with van der Waals surface area (Å²) in [7, 11) is 0. The van der Waals surface area contributed by atoms with Gasteiger partial charge in [0.2, 0.25) is 5.91 Å². The quantitative estimate of drug-likeness (QED) is 0.630. The fraction of sp³-hybridized carbons (Fsp3) is 0.700. The molecule has 1 saturated heterocycles. The first kappa shape index (κ1) is 13.3. The van der Waals surface area contributed by atoms with Gasteiger partial charge in [-0.2, -0.15) is 0 Å². The van der Waals surface area contributed by atoms with Gasteiger partial charge in [0.1, 0.15) is 18.2 Å². The number of hydrogen-bond donors (Lipinski definition) is 3. The number of hydrogen-bond acceptors (Lipinski definition) is 4. The maximum absolute atomic E-state index is 11.8. The molecule has 0 aromatic heterocycles. The maximum atomic E-state index is 11.8. The Hall–Kier alpha value is -1.79. The highest BCUT2D eigenvalue weighted by molar-refractivity contribution is 5.91. The number of amides is 2. The number of carbonyl (C=O) groups is 3. The van der Waals surface area contributed by atoms with Crippen molar-refractivity contribution in [3.05, 3.63) is 0 Å². The molecule has 0 aromatic rings. The first-order valence-corrected chi connectivity index (χ1v) is 5.33. The third kappa shape index (κ3) is 3.08. The second-order valence-corrected chi connectivity index (χ2v) is 4.30. The van der Waals surface area contributed by atoms with Crippen LogP contribution < -0.4 is 10.6 Å². The van der Waals surface area contributed by atoms with E-state index in [9.17, 15) is 14.4 Å². The molecule has 3 atom stereocenters. The normalized spacial score (nSPS) is 25.1. The molecular weight excluding hydrogens is 228 g/mol. The van der Waals surface area contributed by atoms with E-state index >= 15 is 0 Å². The first-order valence-electron chi connectivity index (χ1n) is 5.33. The van der Waals surface area contributed by atoms with Gasteiger partial charge in [-0.05, 0) is 12.8 Å². The zero-order valence-electron chi connectivity index (χ0n) is 9.89. The van der Waals surface area contributed by atoms with E-state index in [-0.39, 0.29) is 5.92 Å². The van der Waals surface area contributed by atoms with Crippen LogP contribution in [0.4, 0.5) is 4.79 Å². The standard InChI is InChI=1S/C10H16N2O5/c1-4(2)6(9(14)15)11-8(13)7-5(3)17-10(16)12-7/h4-7H,1-3H3,(H,11,13)(H,12,16)(H,14,15). The van der Waals surface area contributed by atoms with E-state index in [1.165, 1.54) is 0 Å². The lowest BCUT2D eigenvalue weighted by atomic mass is 10.0. The molecule has 0 bridgehead atoms. The van der Waals surface area contributed by atoms with E-state index < -0.39 is 36.2 Å². The largest absolute Gasteiger partial charge is 0.480 e. The van der Waals surface area contributed by atoms with Crippen LogP contribution >= 0.6 is 0 Å². The zero-order valence-corrected chi connectivity index (χ0v) is 9.89. The molecular formula is C10H16N2O5. The van der Waals surface area contributed by atoms with Gasteiger partial charge in [-0.1, -0.05) is 13.8 Å². The van der Waals surface area contributed by atoms with Gasteiger partial charge in [-0.25, -0.2) is 9.59 Å². The lowest BCUT2D eigenvalue weighted by Crippen LogP contribution is -2.52. The summed E-state index contributed by atoms with van der Waals surface area (Å²) in [5.41, 5.74) is 0. The van der Waals surface area contributed by atoms with Crippen LogP contribution in [0.25, 0.3) is 0 Å². The Balaban J connectivity index is 2.65. The molecule has 0 aliphatic carbocycles. The number of carboxylic acid groups (broad SMARTS) is 1. The Bertz CT molecular complexity index is 342. The van der Waals surface area contributed by atoms with Gasteiger partial charge in [0.15, 0.2) is 0 Å². The summed E-state index contributed by atoms with van der Waals surface area (Å²) in [6.07, 6.45) is -1.28. The summed E-state index contributed by atoms with van der Waals surface area (Å²) < 4.78 is 4.74. The van der Waals surface area contributed by atoms with E-state index in [4.69, 9.17) is 9.84 Å². The van der Waals surface area contributed by atoms with Crippen LogP contribution in [0.15, 0.2) is 0 Å². The van der Waals surface area contributed by atoms with Gasteiger partial charge >= 0.3 is 12.1 Å². The number of alkyl carbamates (subject to hydrolysis) is 1. The van der Waals surface area contributed by atoms with Crippen LogP contribution in [0.2, 0.25) is 0 Å². The van der Waals surface area contributed by atoms with Crippen molar-refractivity contribution in [2.45, 2.75) is 39.0 Å². The van der Waals surface area contributed by atoms with Crippen LogP contribution in [0, 0.1) is 5.92 Å². The van der Waals surface area contributed by atoms with Crippen molar-refractivity contribution in [1.82, 2.24) is 10.6 Å². The van der Waals surface area contributed by atoms with Crippen LogP contribution in [-0.4, -0.2) is 41.3 Å². The molecule has 7 heteroatoms. The van der Waals surface area contributed by atoms with Gasteiger partial charge in [-0.3, -0.25) is 4.79 Å². The monoisotopic (exact) mass is 244 g/mol. The topological polar surface area (TPSA) is 105 Å². The molecule has 2 amide bonds. The van der Waals surface area contributed by atoms with Gasteiger partial charge in [-0.15, -0.1) is 0 Å². The summed E-state index contributed by atoms with van der Waals surface area (Å²) in [6, 6.07) is -1.82. The highest BCUT2D eigenvalue weighted by Crippen LogP contribution is 2.09. The number of nitrogens with one attached hydrogen (secondary N) is 2. The number of carboxylic acids is 1. The number of rotatable bonds is 4. The van der Waals surface area contributed by atoms with E-state index in [0.717, 1.165) is 0 Å². The fourth-order valence-corrected chi connectivity index (χ4v) is 1.55. The molecule has 7 nitrogen and oxygen atoms in total. The molecule has 0 aromatic carbocycles. The van der Waals surface area contributed by atoms with Crippen LogP contribution in [0.5, 0.6) is 0 Å². The first-order chi connectivity index (χ1) is 7.82. The van der Waals surface area contributed by atoms with Crippen LogP contribution in [0.1, 0.15) is 20.8 Å². The van der Waals surface area contributed by atoms with E-state index in [1.54, 1.807) is 20.8 Å². The average molecular weight is 244 g/mol. The van der Waals surface area contributed by atoms with Gasteiger partial charge < -0.3 is 20.5 Å². The van der Waals surface area contributed by atoms with E-state index in [0.29, 0.717) is 0 Å². The molecule has 3 N–H and O–H groups in total. The van der Waals surface area contributed by atoms with Crippen molar-refractivity contribution >= 4 is 18.0 Å². The Kier molecular flexibility index (Phi) is 3.93. The molecule has 0 saturated carbocycles. The predicted octanol–water partition coefficient (Wildman–Crippen LogP) is -0.291. The van der Waals surface area contributed by atoms with Gasteiger partial charge in [0.25, 0.3) is 0 Å². The smallest absolute Gasteiger partial charge is 0.408 e. The average Bonchev–Trinajstić information content (AvgIpc) is 2.53. The minimum absolute atomic E-state index is 0.246. The Morgan fingerprint density at radius 3 is 2.41 bits per heavy atom. The zero-order chi connectivity index (χ0) is 13.2. The third-order valence-electron chi connectivity index (χ3n) is 2.55.